The molecular weight excluding hydrogens is 372 g/mol. The highest BCUT2D eigenvalue weighted by atomic mass is 32.2. The van der Waals surface area contributed by atoms with Crippen LogP contribution in [0.2, 0.25) is 0 Å². The van der Waals surface area contributed by atoms with Crippen molar-refractivity contribution in [2.45, 2.75) is 24.7 Å². The molecule has 0 aromatic heterocycles. The summed E-state index contributed by atoms with van der Waals surface area (Å²) in [6, 6.07) is 22.2. The number of anilines is 2. The first-order chi connectivity index (χ1) is 13.3. The molecule has 0 atom stereocenters. The van der Waals surface area contributed by atoms with E-state index in [1.165, 1.54) is 18.2 Å². The second kappa shape index (κ2) is 8.27. The van der Waals surface area contributed by atoms with Crippen LogP contribution in [0.3, 0.4) is 0 Å². The zero-order valence-electron chi connectivity index (χ0n) is 15.7. The van der Waals surface area contributed by atoms with Gasteiger partial charge in [0.05, 0.1) is 4.90 Å². The van der Waals surface area contributed by atoms with Crippen molar-refractivity contribution in [3.05, 3.63) is 90.0 Å². The zero-order chi connectivity index (χ0) is 20.1. The number of carbonyl (C=O) groups excluding carboxylic acids is 1. The minimum Gasteiger partial charge on any atom is -0.322 e. The van der Waals surface area contributed by atoms with E-state index in [2.05, 4.69) is 23.9 Å². The predicted octanol–water partition coefficient (Wildman–Crippen LogP) is 4.86. The van der Waals surface area contributed by atoms with Crippen LogP contribution < -0.4 is 10.0 Å². The Bertz CT molecular complexity index is 1080. The molecule has 0 aliphatic carbocycles. The van der Waals surface area contributed by atoms with Crippen LogP contribution in [0.4, 0.5) is 11.4 Å². The molecule has 0 unspecified atom stereocenters. The molecule has 5 nitrogen and oxygen atoms in total. The van der Waals surface area contributed by atoms with Crippen LogP contribution in [0.1, 0.15) is 35.7 Å². The molecule has 0 spiro atoms. The number of hydrogen-bond donors (Lipinski definition) is 2. The summed E-state index contributed by atoms with van der Waals surface area (Å²) >= 11 is 0. The number of amides is 1. The van der Waals surface area contributed by atoms with Crippen LogP contribution in [0.15, 0.2) is 83.8 Å². The maximum atomic E-state index is 12.6. The first kappa shape index (κ1) is 19.6. The van der Waals surface area contributed by atoms with E-state index in [0.29, 0.717) is 22.9 Å². The summed E-state index contributed by atoms with van der Waals surface area (Å²) in [4.78, 5) is 12.8. The normalized spacial score (nSPS) is 11.2. The van der Waals surface area contributed by atoms with Crippen molar-refractivity contribution in [1.82, 2.24) is 0 Å². The van der Waals surface area contributed by atoms with Gasteiger partial charge in [0.2, 0.25) is 0 Å². The van der Waals surface area contributed by atoms with E-state index in [4.69, 9.17) is 0 Å². The first-order valence-corrected chi connectivity index (χ1v) is 10.4. The molecule has 0 heterocycles. The van der Waals surface area contributed by atoms with E-state index in [9.17, 15) is 13.2 Å². The highest BCUT2D eigenvalue weighted by Crippen LogP contribution is 2.21. The van der Waals surface area contributed by atoms with Crippen molar-refractivity contribution >= 4 is 27.3 Å². The Morgan fingerprint density at radius 2 is 1.50 bits per heavy atom. The van der Waals surface area contributed by atoms with E-state index < -0.39 is 10.0 Å². The Labute approximate surface area is 165 Å². The van der Waals surface area contributed by atoms with Crippen molar-refractivity contribution in [2.75, 3.05) is 10.0 Å². The van der Waals surface area contributed by atoms with Crippen LogP contribution in [-0.2, 0) is 10.0 Å². The fraction of sp³-hybridized carbons (Fsp3) is 0.136. The third kappa shape index (κ3) is 4.78. The summed E-state index contributed by atoms with van der Waals surface area (Å²) in [5.41, 5.74) is 2.52. The number of sulfonamides is 1. The second-order valence-electron chi connectivity index (χ2n) is 6.73. The summed E-state index contributed by atoms with van der Waals surface area (Å²) < 4.78 is 27.4. The lowest BCUT2D eigenvalue weighted by Gasteiger charge is -2.11. The van der Waals surface area contributed by atoms with Gasteiger partial charge in [-0.25, -0.2) is 8.42 Å². The molecule has 0 bridgehead atoms. The maximum Gasteiger partial charge on any atom is 0.261 e. The lowest BCUT2D eigenvalue weighted by Crippen LogP contribution is -2.15. The SMILES string of the molecule is CC(C)c1cccc(NC(=O)c2cccc(NS(=O)(=O)c3ccccc3)c2)c1. The van der Waals surface area contributed by atoms with E-state index in [0.717, 1.165) is 5.56 Å². The highest BCUT2D eigenvalue weighted by Gasteiger charge is 2.15. The second-order valence-corrected chi connectivity index (χ2v) is 8.42. The van der Waals surface area contributed by atoms with E-state index in [1.54, 1.807) is 36.4 Å². The summed E-state index contributed by atoms with van der Waals surface area (Å²) in [5, 5.41) is 2.86. The Morgan fingerprint density at radius 3 is 2.21 bits per heavy atom. The molecule has 0 saturated heterocycles. The topological polar surface area (TPSA) is 75.3 Å². The molecule has 0 aliphatic heterocycles. The standard InChI is InChI=1S/C22H22N2O3S/c1-16(2)17-8-6-10-19(14-17)23-22(25)18-9-7-11-20(15-18)24-28(26,27)21-12-4-3-5-13-21/h3-16,24H,1-2H3,(H,23,25). The van der Waals surface area contributed by atoms with Gasteiger partial charge in [-0.2, -0.15) is 0 Å². The van der Waals surface area contributed by atoms with Gasteiger partial charge >= 0.3 is 0 Å². The van der Waals surface area contributed by atoms with Crippen LogP contribution in [0.25, 0.3) is 0 Å². The average Bonchev–Trinajstić information content (AvgIpc) is 2.69. The van der Waals surface area contributed by atoms with Crippen LogP contribution in [0.5, 0.6) is 0 Å². The molecule has 0 saturated carbocycles. The highest BCUT2D eigenvalue weighted by molar-refractivity contribution is 7.92. The summed E-state index contributed by atoms with van der Waals surface area (Å²) in [6.45, 7) is 4.17. The Hall–Kier alpha value is -3.12. The maximum absolute atomic E-state index is 12.6. The van der Waals surface area contributed by atoms with Gasteiger partial charge in [0, 0.05) is 16.9 Å². The Morgan fingerprint density at radius 1 is 0.821 bits per heavy atom. The number of benzene rings is 3. The Kier molecular flexibility index (Phi) is 5.80. The largest absolute Gasteiger partial charge is 0.322 e. The molecule has 0 fully saturated rings. The molecule has 6 heteroatoms. The molecule has 0 aliphatic rings. The van der Waals surface area contributed by atoms with Gasteiger partial charge in [0.15, 0.2) is 0 Å². The molecular formula is C22H22N2O3S. The van der Waals surface area contributed by atoms with Gasteiger partial charge in [0.25, 0.3) is 15.9 Å². The molecule has 3 aromatic rings. The predicted molar refractivity (Wildman–Crippen MR) is 112 cm³/mol. The van der Waals surface area contributed by atoms with Crippen molar-refractivity contribution in [1.29, 1.82) is 0 Å². The Balaban J connectivity index is 1.78. The average molecular weight is 394 g/mol. The van der Waals surface area contributed by atoms with Gasteiger partial charge in [0.1, 0.15) is 0 Å². The number of hydrogen-bond acceptors (Lipinski definition) is 3. The van der Waals surface area contributed by atoms with Gasteiger partial charge in [-0.1, -0.05) is 50.2 Å². The van der Waals surface area contributed by atoms with E-state index in [1.807, 2.05) is 24.3 Å². The molecule has 1 amide bonds. The molecule has 3 aromatic carbocycles. The van der Waals surface area contributed by atoms with Gasteiger partial charge in [-0.15, -0.1) is 0 Å². The van der Waals surface area contributed by atoms with E-state index >= 15 is 0 Å². The van der Waals surface area contributed by atoms with Crippen molar-refractivity contribution in [3.63, 3.8) is 0 Å². The summed E-state index contributed by atoms with van der Waals surface area (Å²) in [5.74, 6) is 0.0502. The molecule has 144 valence electrons. The molecule has 3 rings (SSSR count). The molecule has 0 radical (unpaired) electrons. The lowest BCUT2D eigenvalue weighted by molar-refractivity contribution is 0.102. The van der Waals surface area contributed by atoms with Crippen molar-refractivity contribution in [3.8, 4) is 0 Å². The first-order valence-electron chi connectivity index (χ1n) is 8.94. The van der Waals surface area contributed by atoms with Crippen LogP contribution >= 0.6 is 0 Å². The van der Waals surface area contributed by atoms with Gasteiger partial charge in [-0.3, -0.25) is 9.52 Å². The molecule has 2 N–H and O–H groups in total. The fourth-order valence-corrected chi connectivity index (χ4v) is 3.79. The fourth-order valence-electron chi connectivity index (χ4n) is 2.72. The lowest BCUT2D eigenvalue weighted by atomic mass is 10.0. The van der Waals surface area contributed by atoms with Crippen molar-refractivity contribution in [2.24, 2.45) is 0 Å². The minimum atomic E-state index is -3.71. The quantitative estimate of drug-likeness (QED) is 0.627. The number of rotatable bonds is 6. The monoisotopic (exact) mass is 394 g/mol. The summed E-state index contributed by atoms with van der Waals surface area (Å²) in [7, 11) is -3.71. The zero-order valence-corrected chi connectivity index (χ0v) is 16.5. The third-order valence-electron chi connectivity index (χ3n) is 4.24. The van der Waals surface area contributed by atoms with Crippen molar-refractivity contribution < 1.29 is 13.2 Å². The van der Waals surface area contributed by atoms with E-state index in [-0.39, 0.29) is 10.8 Å². The van der Waals surface area contributed by atoms with Crippen LogP contribution in [0, 0.1) is 0 Å². The smallest absolute Gasteiger partial charge is 0.261 e. The minimum absolute atomic E-state index is 0.162. The van der Waals surface area contributed by atoms with Gasteiger partial charge in [-0.05, 0) is 53.9 Å². The number of carbonyl (C=O) groups is 1. The third-order valence-corrected chi connectivity index (χ3v) is 5.64. The molecule has 28 heavy (non-hydrogen) atoms. The van der Waals surface area contributed by atoms with Crippen LogP contribution in [-0.4, -0.2) is 14.3 Å². The van der Waals surface area contributed by atoms with Gasteiger partial charge < -0.3 is 5.32 Å². The number of nitrogens with one attached hydrogen (secondary N) is 2. The summed E-state index contributed by atoms with van der Waals surface area (Å²) in [6.07, 6.45) is 0.